The minimum absolute atomic E-state index is 0.194. The molecule has 1 heterocycles. The maximum Gasteiger partial charge on any atom is 0.290 e. The van der Waals surface area contributed by atoms with Crippen LogP contribution in [0.4, 0.5) is 0 Å². The minimum atomic E-state index is -0.235. The second kappa shape index (κ2) is 3.95. The van der Waals surface area contributed by atoms with E-state index in [-0.39, 0.29) is 11.7 Å². The molecule has 1 aliphatic heterocycles. The van der Waals surface area contributed by atoms with E-state index in [9.17, 15) is 9.59 Å². The topological polar surface area (TPSA) is 37.4 Å². The van der Waals surface area contributed by atoms with Gasteiger partial charge < -0.3 is 4.90 Å². The highest BCUT2D eigenvalue weighted by atomic mass is 16.2. The molecule has 3 atom stereocenters. The lowest BCUT2D eigenvalue weighted by molar-refractivity contribution is -0.142. The number of amides is 1. The summed E-state index contributed by atoms with van der Waals surface area (Å²) in [4.78, 5) is 24.7. The molecule has 84 valence electrons. The normalized spacial score (nSPS) is 37.5. The highest BCUT2D eigenvalue weighted by Crippen LogP contribution is 2.34. The molecule has 0 aromatic heterocycles. The van der Waals surface area contributed by atoms with Crippen LogP contribution < -0.4 is 0 Å². The van der Waals surface area contributed by atoms with E-state index in [0.717, 1.165) is 6.42 Å². The fourth-order valence-electron chi connectivity index (χ4n) is 2.90. The number of nitrogens with zero attached hydrogens (tertiary/aromatic N) is 1. The average Bonchev–Trinajstić information content (AvgIpc) is 2.53. The van der Waals surface area contributed by atoms with Gasteiger partial charge in [-0.15, -0.1) is 0 Å². The van der Waals surface area contributed by atoms with Gasteiger partial charge in [0.05, 0.1) is 0 Å². The quantitative estimate of drug-likeness (QED) is 0.615. The predicted octanol–water partition coefficient (Wildman–Crippen LogP) is 1.61. The van der Waals surface area contributed by atoms with Crippen molar-refractivity contribution in [1.29, 1.82) is 0 Å². The zero-order valence-electron chi connectivity index (χ0n) is 9.53. The molecular weight excluding hydrogens is 190 g/mol. The van der Waals surface area contributed by atoms with E-state index >= 15 is 0 Å². The Bertz CT molecular complexity index is 287. The van der Waals surface area contributed by atoms with Gasteiger partial charge in [-0.1, -0.05) is 26.7 Å². The van der Waals surface area contributed by atoms with E-state index in [1.807, 2.05) is 4.90 Å². The summed E-state index contributed by atoms with van der Waals surface area (Å²) >= 11 is 0. The molecule has 0 aromatic rings. The molecule has 0 spiro atoms. The van der Waals surface area contributed by atoms with Crippen LogP contribution in [0.15, 0.2) is 0 Å². The van der Waals surface area contributed by atoms with Crippen molar-refractivity contribution in [3.63, 3.8) is 0 Å². The first kappa shape index (κ1) is 10.7. The van der Waals surface area contributed by atoms with Crippen LogP contribution in [0.3, 0.4) is 0 Å². The standard InChI is InChI=1S/C12H19NO2/c1-8-4-3-5-10(9(8)2)13-7-6-11(14)12(13)15/h8-10H,3-7H2,1-2H3. The summed E-state index contributed by atoms with van der Waals surface area (Å²) in [7, 11) is 0. The Labute approximate surface area is 90.8 Å². The van der Waals surface area contributed by atoms with Crippen LogP contribution in [0, 0.1) is 11.8 Å². The smallest absolute Gasteiger partial charge is 0.290 e. The number of Topliss-reactive ketones (excluding diaryl/α,β-unsaturated/α-hetero) is 1. The molecule has 0 N–H and O–H groups in total. The monoisotopic (exact) mass is 209 g/mol. The van der Waals surface area contributed by atoms with Gasteiger partial charge in [0.1, 0.15) is 0 Å². The average molecular weight is 209 g/mol. The summed E-state index contributed by atoms with van der Waals surface area (Å²) in [5.74, 6) is 0.780. The summed E-state index contributed by atoms with van der Waals surface area (Å²) in [6.07, 6.45) is 3.95. The third-order valence-corrected chi connectivity index (χ3v) is 4.14. The largest absolute Gasteiger partial charge is 0.332 e. The fourth-order valence-corrected chi connectivity index (χ4v) is 2.90. The maximum absolute atomic E-state index is 11.6. The molecule has 2 rings (SSSR count). The summed E-state index contributed by atoms with van der Waals surface area (Å²) < 4.78 is 0. The number of carbonyl (C=O) groups is 2. The van der Waals surface area contributed by atoms with E-state index < -0.39 is 0 Å². The molecular formula is C12H19NO2. The maximum atomic E-state index is 11.6. The van der Waals surface area contributed by atoms with Gasteiger partial charge in [-0.3, -0.25) is 9.59 Å². The summed E-state index contributed by atoms with van der Waals surface area (Å²) in [6, 6.07) is 0.313. The molecule has 0 bridgehead atoms. The summed E-state index contributed by atoms with van der Waals surface area (Å²) in [5.41, 5.74) is 0. The second-order valence-corrected chi connectivity index (χ2v) is 5.01. The Balaban J connectivity index is 2.10. The van der Waals surface area contributed by atoms with Crippen molar-refractivity contribution in [2.75, 3.05) is 6.54 Å². The first-order valence-corrected chi connectivity index (χ1v) is 5.95. The number of ketones is 1. The van der Waals surface area contributed by atoms with Crippen LogP contribution >= 0.6 is 0 Å². The third kappa shape index (κ3) is 1.80. The first-order valence-electron chi connectivity index (χ1n) is 5.95. The number of carbonyl (C=O) groups excluding carboxylic acids is 2. The molecule has 0 aromatic carbocycles. The molecule has 3 unspecified atom stereocenters. The lowest BCUT2D eigenvalue weighted by Gasteiger charge is -2.39. The Kier molecular flexibility index (Phi) is 2.81. The molecule has 1 saturated carbocycles. The van der Waals surface area contributed by atoms with Crippen LogP contribution in [0.5, 0.6) is 0 Å². The molecule has 2 fully saturated rings. The highest BCUT2D eigenvalue weighted by Gasteiger charge is 2.39. The first-order chi connectivity index (χ1) is 7.11. The van der Waals surface area contributed by atoms with Crippen molar-refractivity contribution in [1.82, 2.24) is 4.90 Å². The van der Waals surface area contributed by atoms with Crippen LogP contribution in [-0.4, -0.2) is 29.2 Å². The van der Waals surface area contributed by atoms with Gasteiger partial charge in [0.25, 0.3) is 5.91 Å². The van der Waals surface area contributed by atoms with E-state index in [2.05, 4.69) is 13.8 Å². The Morgan fingerprint density at radius 1 is 1.20 bits per heavy atom. The van der Waals surface area contributed by atoms with Gasteiger partial charge in [-0.05, 0) is 18.3 Å². The molecule has 3 heteroatoms. The van der Waals surface area contributed by atoms with Crippen molar-refractivity contribution in [3.05, 3.63) is 0 Å². The lowest BCUT2D eigenvalue weighted by Crippen LogP contribution is -2.45. The van der Waals surface area contributed by atoms with Gasteiger partial charge in [0.2, 0.25) is 5.78 Å². The van der Waals surface area contributed by atoms with E-state index in [1.54, 1.807) is 0 Å². The van der Waals surface area contributed by atoms with Crippen molar-refractivity contribution < 1.29 is 9.59 Å². The molecule has 2 aliphatic rings. The molecule has 0 radical (unpaired) electrons. The number of rotatable bonds is 1. The zero-order valence-corrected chi connectivity index (χ0v) is 9.53. The predicted molar refractivity (Wildman–Crippen MR) is 57.3 cm³/mol. The van der Waals surface area contributed by atoms with Crippen molar-refractivity contribution >= 4 is 11.7 Å². The Morgan fingerprint density at radius 2 is 1.93 bits per heavy atom. The van der Waals surface area contributed by atoms with E-state index in [4.69, 9.17) is 0 Å². The second-order valence-electron chi connectivity index (χ2n) is 5.01. The van der Waals surface area contributed by atoms with E-state index in [1.165, 1.54) is 12.8 Å². The van der Waals surface area contributed by atoms with Gasteiger partial charge in [-0.25, -0.2) is 0 Å². The van der Waals surface area contributed by atoms with Crippen LogP contribution in [0.2, 0.25) is 0 Å². The number of hydrogen-bond donors (Lipinski definition) is 0. The van der Waals surface area contributed by atoms with Gasteiger partial charge >= 0.3 is 0 Å². The van der Waals surface area contributed by atoms with Crippen LogP contribution in [-0.2, 0) is 9.59 Å². The third-order valence-electron chi connectivity index (χ3n) is 4.14. The minimum Gasteiger partial charge on any atom is -0.332 e. The Morgan fingerprint density at radius 3 is 2.53 bits per heavy atom. The van der Waals surface area contributed by atoms with Gasteiger partial charge in [0, 0.05) is 19.0 Å². The molecule has 1 saturated heterocycles. The molecule has 1 aliphatic carbocycles. The van der Waals surface area contributed by atoms with Crippen molar-refractivity contribution in [2.45, 2.75) is 45.6 Å². The van der Waals surface area contributed by atoms with Crippen molar-refractivity contribution in [2.24, 2.45) is 11.8 Å². The number of hydrogen-bond acceptors (Lipinski definition) is 2. The molecule has 3 nitrogen and oxygen atoms in total. The van der Waals surface area contributed by atoms with E-state index in [0.29, 0.717) is 30.8 Å². The SMILES string of the molecule is CC1CCCC(N2CCC(=O)C2=O)C1C. The highest BCUT2D eigenvalue weighted by molar-refractivity contribution is 6.37. The fraction of sp³-hybridized carbons (Fsp3) is 0.833. The zero-order chi connectivity index (χ0) is 11.0. The molecule has 1 amide bonds. The summed E-state index contributed by atoms with van der Waals surface area (Å²) in [6.45, 7) is 5.11. The summed E-state index contributed by atoms with van der Waals surface area (Å²) in [5, 5.41) is 0. The Hall–Kier alpha value is -0.860. The van der Waals surface area contributed by atoms with Crippen LogP contribution in [0.25, 0.3) is 0 Å². The number of likely N-dealkylation sites (tertiary alicyclic amines) is 1. The van der Waals surface area contributed by atoms with Gasteiger partial charge in [0.15, 0.2) is 0 Å². The van der Waals surface area contributed by atoms with Crippen LogP contribution in [0.1, 0.15) is 39.5 Å². The molecule has 15 heavy (non-hydrogen) atoms. The van der Waals surface area contributed by atoms with Gasteiger partial charge in [-0.2, -0.15) is 0 Å². The van der Waals surface area contributed by atoms with Crippen molar-refractivity contribution in [3.8, 4) is 0 Å². The lowest BCUT2D eigenvalue weighted by atomic mass is 9.77.